The minimum Gasteiger partial charge on any atom is -0.357 e. The Labute approximate surface area is 187 Å². The highest BCUT2D eigenvalue weighted by Gasteiger charge is 2.40. The number of likely N-dealkylation sites (N-methyl/N-ethyl adjacent to an activating group) is 1. The number of rotatable bonds is 7. The Balaban J connectivity index is 1.63. The number of urea groups is 1. The highest BCUT2D eigenvalue weighted by Crippen LogP contribution is 2.44. The second kappa shape index (κ2) is 9.21. The van der Waals surface area contributed by atoms with Crippen molar-refractivity contribution in [2.75, 3.05) is 39.8 Å². The molecule has 0 radical (unpaired) electrons. The van der Waals surface area contributed by atoms with Crippen molar-refractivity contribution in [2.24, 2.45) is 0 Å². The maximum Gasteiger partial charge on any atom is 0.317 e. The zero-order valence-electron chi connectivity index (χ0n) is 19.9. The number of likely N-dealkylation sites (tertiary alicyclic amines) is 1. The van der Waals surface area contributed by atoms with E-state index in [1.165, 1.54) is 27.7 Å². The molecule has 1 saturated heterocycles. The predicted octanol–water partition coefficient (Wildman–Crippen LogP) is 3.77. The molecule has 0 unspecified atom stereocenters. The number of fused-ring (bicyclic) bond motifs is 2. The first kappa shape index (κ1) is 22.2. The van der Waals surface area contributed by atoms with Gasteiger partial charge in [-0.05, 0) is 64.0 Å². The average Bonchev–Trinajstić information content (AvgIpc) is 3.12. The van der Waals surface area contributed by atoms with Gasteiger partial charge in [0.25, 0.3) is 0 Å². The standard InChI is InChI=1S/C25H39N5O/c1-6-29(7-2)16-22-20-14-23-19(18-11-10-12-21(27-22)24(18)20)13-17(15-28(23)5)26-25(31)30(8-3)9-4/h10-12,17,19,23,27H,6-9,13-16H2,1-5H3,(H,26,31)/t17-,19+,23+/m0/s1. The smallest absolute Gasteiger partial charge is 0.317 e. The van der Waals surface area contributed by atoms with E-state index in [0.717, 1.165) is 52.1 Å². The molecule has 2 heterocycles. The van der Waals surface area contributed by atoms with Gasteiger partial charge in [0.1, 0.15) is 0 Å². The van der Waals surface area contributed by atoms with Gasteiger partial charge in [-0.1, -0.05) is 26.0 Å². The van der Waals surface area contributed by atoms with E-state index in [4.69, 9.17) is 0 Å². The van der Waals surface area contributed by atoms with Gasteiger partial charge in [-0.15, -0.1) is 0 Å². The Kier molecular flexibility index (Phi) is 6.58. The van der Waals surface area contributed by atoms with Crippen LogP contribution in [0, 0.1) is 0 Å². The molecular weight excluding hydrogens is 386 g/mol. The first-order valence-electron chi connectivity index (χ1n) is 12.1. The quantitative estimate of drug-likeness (QED) is 0.710. The molecule has 1 fully saturated rings. The molecule has 4 rings (SSSR count). The lowest BCUT2D eigenvalue weighted by atomic mass is 9.73. The number of nitrogens with one attached hydrogen (secondary N) is 2. The zero-order chi connectivity index (χ0) is 22.1. The number of hydrogen-bond acceptors (Lipinski definition) is 3. The Morgan fingerprint density at radius 2 is 1.90 bits per heavy atom. The second-order valence-corrected chi connectivity index (χ2v) is 9.19. The van der Waals surface area contributed by atoms with E-state index in [1.54, 1.807) is 0 Å². The molecule has 1 aromatic heterocycles. The number of benzene rings is 1. The van der Waals surface area contributed by atoms with E-state index in [9.17, 15) is 4.79 Å². The first-order chi connectivity index (χ1) is 15.0. The fourth-order valence-corrected chi connectivity index (χ4v) is 5.79. The van der Waals surface area contributed by atoms with Gasteiger partial charge in [0.2, 0.25) is 0 Å². The van der Waals surface area contributed by atoms with Crippen molar-refractivity contribution in [3.63, 3.8) is 0 Å². The van der Waals surface area contributed by atoms with Crippen LogP contribution < -0.4 is 5.32 Å². The van der Waals surface area contributed by atoms with Crippen LogP contribution >= 0.6 is 0 Å². The zero-order valence-corrected chi connectivity index (χ0v) is 19.9. The van der Waals surface area contributed by atoms with E-state index in [-0.39, 0.29) is 12.1 Å². The second-order valence-electron chi connectivity index (χ2n) is 9.19. The summed E-state index contributed by atoms with van der Waals surface area (Å²) >= 11 is 0. The Hall–Kier alpha value is -2.05. The van der Waals surface area contributed by atoms with Crippen LogP contribution in [-0.2, 0) is 13.0 Å². The number of hydrogen-bond donors (Lipinski definition) is 2. The molecule has 0 spiro atoms. The number of carbonyl (C=O) groups is 1. The van der Waals surface area contributed by atoms with Gasteiger partial charge >= 0.3 is 6.03 Å². The van der Waals surface area contributed by atoms with Crippen LogP contribution in [0.5, 0.6) is 0 Å². The monoisotopic (exact) mass is 425 g/mol. The number of amides is 2. The van der Waals surface area contributed by atoms with Crippen molar-refractivity contribution < 1.29 is 4.79 Å². The normalized spacial score (nSPS) is 23.2. The van der Waals surface area contributed by atoms with E-state index < -0.39 is 0 Å². The fraction of sp³-hybridized carbons (Fsp3) is 0.640. The molecule has 2 N–H and O–H groups in total. The van der Waals surface area contributed by atoms with E-state index in [2.05, 4.69) is 59.2 Å². The SMILES string of the molecule is CCN(CC)Cc1[nH]c2cccc3c2c1C[C@@H]1[C@@H]3C[C@H](NC(=O)N(CC)CC)CN1C. The molecular formula is C25H39N5O. The molecule has 2 aromatic rings. The van der Waals surface area contributed by atoms with Gasteiger partial charge in [0.05, 0.1) is 0 Å². The third-order valence-electron chi connectivity index (χ3n) is 7.59. The van der Waals surface area contributed by atoms with Crippen molar-refractivity contribution in [1.82, 2.24) is 25.0 Å². The Morgan fingerprint density at radius 3 is 2.58 bits per heavy atom. The van der Waals surface area contributed by atoms with Gasteiger partial charge in [-0.3, -0.25) is 4.90 Å². The van der Waals surface area contributed by atoms with Crippen LogP contribution in [0.1, 0.15) is 56.9 Å². The van der Waals surface area contributed by atoms with Crippen LogP contribution in [0.4, 0.5) is 4.79 Å². The summed E-state index contributed by atoms with van der Waals surface area (Å²) in [5.41, 5.74) is 5.62. The molecule has 3 atom stereocenters. The maximum absolute atomic E-state index is 12.7. The van der Waals surface area contributed by atoms with Crippen LogP contribution in [0.15, 0.2) is 18.2 Å². The first-order valence-corrected chi connectivity index (χ1v) is 12.1. The summed E-state index contributed by atoms with van der Waals surface area (Å²) in [4.78, 5) is 23.3. The topological polar surface area (TPSA) is 54.6 Å². The highest BCUT2D eigenvalue weighted by molar-refractivity contribution is 5.89. The summed E-state index contributed by atoms with van der Waals surface area (Å²) in [6.07, 6.45) is 2.10. The third kappa shape index (κ3) is 4.08. The van der Waals surface area contributed by atoms with Crippen molar-refractivity contribution in [3.05, 3.63) is 35.0 Å². The number of aromatic nitrogens is 1. The number of H-pyrrole nitrogens is 1. The third-order valence-corrected chi connectivity index (χ3v) is 7.59. The number of carbonyl (C=O) groups excluding carboxylic acids is 1. The lowest BCUT2D eigenvalue weighted by molar-refractivity contribution is 0.123. The summed E-state index contributed by atoms with van der Waals surface area (Å²) < 4.78 is 0. The molecule has 1 aromatic carbocycles. The predicted molar refractivity (Wildman–Crippen MR) is 128 cm³/mol. The molecule has 170 valence electrons. The summed E-state index contributed by atoms with van der Waals surface area (Å²) in [5, 5.41) is 4.76. The largest absolute Gasteiger partial charge is 0.357 e. The van der Waals surface area contributed by atoms with Crippen LogP contribution in [0.2, 0.25) is 0 Å². The van der Waals surface area contributed by atoms with Crippen molar-refractivity contribution in [1.29, 1.82) is 0 Å². The van der Waals surface area contributed by atoms with Crippen LogP contribution in [-0.4, -0.2) is 77.6 Å². The summed E-state index contributed by atoms with van der Waals surface area (Å²) in [7, 11) is 2.23. The van der Waals surface area contributed by atoms with Crippen molar-refractivity contribution in [2.45, 2.75) is 65.1 Å². The molecule has 1 aliphatic heterocycles. The van der Waals surface area contributed by atoms with E-state index >= 15 is 0 Å². The van der Waals surface area contributed by atoms with Crippen molar-refractivity contribution >= 4 is 16.9 Å². The average molecular weight is 426 g/mol. The lowest BCUT2D eigenvalue weighted by Crippen LogP contribution is -2.56. The Bertz CT molecular complexity index is 914. The molecule has 6 heteroatoms. The minimum absolute atomic E-state index is 0.0692. The van der Waals surface area contributed by atoms with Gasteiger partial charge in [0.15, 0.2) is 0 Å². The number of aromatic amines is 1. The van der Waals surface area contributed by atoms with Gasteiger partial charge in [0, 0.05) is 60.8 Å². The van der Waals surface area contributed by atoms with E-state index in [0.29, 0.717) is 12.0 Å². The molecule has 0 saturated carbocycles. The highest BCUT2D eigenvalue weighted by atomic mass is 16.2. The van der Waals surface area contributed by atoms with Crippen LogP contribution in [0.3, 0.4) is 0 Å². The Morgan fingerprint density at radius 1 is 1.16 bits per heavy atom. The van der Waals surface area contributed by atoms with Gasteiger partial charge in [-0.2, -0.15) is 0 Å². The minimum atomic E-state index is 0.0692. The molecule has 31 heavy (non-hydrogen) atoms. The summed E-state index contributed by atoms with van der Waals surface area (Å²) in [6.45, 7) is 14.1. The van der Waals surface area contributed by atoms with Crippen molar-refractivity contribution in [3.8, 4) is 0 Å². The lowest BCUT2D eigenvalue weighted by Gasteiger charge is -2.46. The molecule has 2 amide bonds. The molecule has 1 aliphatic carbocycles. The molecule has 2 aliphatic rings. The number of piperidine rings is 1. The van der Waals surface area contributed by atoms with Crippen LogP contribution in [0.25, 0.3) is 10.9 Å². The summed E-state index contributed by atoms with van der Waals surface area (Å²) in [6, 6.07) is 7.48. The van der Waals surface area contributed by atoms with Gasteiger partial charge in [-0.25, -0.2) is 4.79 Å². The van der Waals surface area contributed by atoms with Gasteiger partial charge < -0.3 is 20.1 Å². The summed E-state index contributed by atoms with van der Waals surface area (Å²) in [5.74, 6) is 0.453. The molecule has 6 nitrogen and oxygen atoms in total. The number of nitrogens with zero attached hydrogens (tertiary/aromatic N) is 3. The molecule has 0 bridgehead atoms. The fourth-order valence-electron chi connectivity index (χ4n) is 5.79. The maximum atomic E-state index is 12.7. The van der Waals surface area contributed by atoms with E-state index in [1.807, 2.05) is 18.7 Å².